The lowest BCUT2D eigenvalue weighted by atomic mass is 9.83. The van der Waals surface area contributed by atoms with Gasteiger partial charge in [-0.3, -0.25) is 4.79 Å². The van der Waals surface area contributed by atoms with Gasteiger partial charge in [-0.25, -0.2) is 4.98 Å². The van der Waals surface area contributed by atoms with Gasteiger partial charge in [-0.15, -0.1) is 0 Å². The molecular weight excluding hydrogens is 324 g/mol. The molecule has 0 aliphatic rings. The Morgan fingerprint density at radius 3 is 2.47 bits per heavy atom. The Hall–Kier alpha value is -0.290. The highest BCUT2D eigenvalue weighted by molar-refractivity contribution is 9.09. The van der Waals surface area contributed by atoms with Gasteiger partial charge < -0.3 is 4.98 Å². The largest absolute Gasteiger partial charge is 0.301 e. The van der Waals surface area contributed by atoms with Gasteiger partial charge in [0.2, 0.25) is 0 Å². The summed E-state index contributed by atoms with van der Waals surface area (Å²) in [6.45, 7) is 6.31. The van der Waals surface area contributed by atoms with E-state index in [2.05, 4.69) is 39.7 Å². The first-order valence-electron chi connectivity index (χ1n) is 6.82. The number of hydrogen-bond donors (Lipinski definition) is 1. The minimum atomic E-state index is -0.0644. The van der Waals surface area contributed by atoms with Crippen LogP contribution in [0.3, 0.4) is 0 Å². The number of thioether (sulfide) groups is 1. The van der Waals surface area contributed by atoms with Crippen molar-refractivity contribution in [3.8, 4) is 0 Å². The monoisotopic (exact) mass is 346 g/mol. The van der Waals surface area contributed by atoms with Crippen molar-refractivity contribution in [1.82, 2.24) is 9.97 Å². The highest BCUT2D eigenvalue weighted by Crippen LogP contribution is 2.36. The van der Waals surface area contributed by atoms with Crippen molar-refractivity contribution in [2.24, 2.45) is 5.41 Å². The van der Waals surface area contributed by atoms with Gasteiger partial charge in [-0.2, -0.15) is 0 Å². The van der Waals surface area contributed by atoms with Gasteiger partial charge in [0.1, 0.15) is 0 Å². The number of alkyl halides is 1. The molecule has 1 rings (SSSR count). The average molecular weight is 347 g/mol. The second-order valence-electron chi connectivity index (χ2n) is 5.11. The summed E-state index contributed by atoms with van der Waals surface area (Å²) in [6, 6.07) is 1.53. The Morgan fingerprint density at radius 1 is 1.37 bits per heavy atom. The van der Waals surface area contributed by atoms with Crippen LogP contribution in [0.2, 0.25) is 0 Å². The molecule has 0 fully saturated rings. The van der Waals surface area contributed by atoms with Crippen LogP contribution in [-0.4, -0.2) is 21.1 Å². The smallest absolute Gasteiger partial charge is 0.251 e. The van der Waals surface area contributed by atoms with Crippen molar-refractivity contribution in [2.45, 2.75) is 51.6 Å². The SMILES string of the molecule is CCCC(CBr)(CCC)CSc1nc(C)cc(=O)[nH]1. The van der Waals surface area contributed by atoms with Crippen LogP contribution in [0, 0.1) is 12.3 Å². The summed E-state index contributed by atoms with van der Waals surface area (Å²) in [6.07, 6.45) is 4.78. The van der Waals surface area contributed by atoms with Gasteiger partial charge in [0.05, 0.1) is 0 Å². The Bertz CT molecular complexity index is 441. The van der Waals surface area contributed by atoms with Crippen molar-refractivity contribution < 1.29 is 0 Å². The van der Waals surface area contributed by atoms with Crippen LogP contribution in [0.1, 0.15) is 45.2 Å². The molecule has 0 spiro atoms. The van der Waals surface area contributed by atoms with Crippen molar-refractivity contribution in [2.75, 3.05) is 11.1 Å². The number of halogens is 1. The number of rotatable bonds is 8. The summed E-state index contributed by atoms with van der Waals surface area (Å²) in [5.74, 6) is 0.992. The minimum absolute atomic E-state index is 0.0644. The fourth-order valence-corrected chi connectivity index (χ4v) is 4.58. The zero-order chi connectivity index (χ0) is 14.3. The summed E-state index contributed by atoms with van der Waals surface area (Å²) in [4.78, 5) is 18.6. The Balaban J connectivity index is 2.77. The maximum Gasteiger partial charge on any atom is 0.251 e. The molecule has 0 saturated carbocycles. The van der Waals surface area contributed by atoms with Crippen LogP contribution in [0.15, 0.2) is 16.0 Å². The zero-order valence-electron chi connectivity index (χ0n) is 12.0. The molecule has 108 valence electrons. The van der Waals surface area contributed by atoms with E-state index in [1.165, 1.54) is 31.7 Å². The van der Waals surface area contributed by atoms with Crippen LogP contribution in [0.4, 0.5) is 0 Å². The van der Waals surface area contributed by atoms with Crippen molar-refractivity contribution in [3.63, 3.8) is 0 Å². The van der Waals surface area contributed by atoms with Crippen LogP contribution < -0.4 is 5.56 Å². The third-order valence-corrected chi connectivity index (χ3v) is 5.62. The maximum atomic E-state index is 11.4. The van der Waals surface area contributed by atoms with Crippen LogP contribution in [0.5, 0.6) is 0 Å². The molecule has 1 aromatic rings. The highest BCUT2D eigenvalue weighted by atomic mass is 79.9. The lowest BCUT2D eigenvalue weighted by molar-refractivity contribution is 0.320. The lowest BCUT2D eigenvalue weighted by Gasteiger charge is -2.31. The van der Waals surface area contributed by atoms with E-state index >= 15 is 0 Å². The number of nitrogens with zero attached hydrogens (tertiary/aromatic N) is 1. The van der Waals surface area contributed by atoms with E-state index in [9.17, 15) is 4.79 Å². The quantitative estimate of drug-likeness (QED) is 0.436. The number of aromatic nitrogens is 2. The molecule has 0 amide bonds. The molecule has 0 aliphatic carbocycles. The van der Waals surface area contributed by atoms with Crippen molar-refractivity contribution in [3.05, 3.63) is 22.1 Å². The number of nitrogens with one attached hydrogen (secondary N) is 1. The molecule has 3 nitrogen and oxygen atoms in total. The minimum Gasteiger partial charge on any atom is -0.301 e. The standard InChI is InChI=1S/C14H23BrN2OS/c1-4-6-14(9-15,7-5-2)10-19-13-16-11(3)8-12(18)17-13/h8H,4-7,9-10H2,1-3H3,(H,16,17,18). The Labute approximate surface area is 128 Å². The molecule has 1 heterocycles. The van der Waals surface area contributed by atoms with E-state index < -0.39 is 0 Å². The molecular formula is C14H23BrN2OS. The van der Waals surface area contributed by atoms with E-state index in [4.69, 9.17) is 0 Å². The number of H-pyrrole nitrogens is 1. The van der Waals surface area contributed by atoms with E-state index in [-0.39, 0.29) is 5.56 Å². The normalized spacial score (nSPS) is 11.8. The first kappa shape index (κ1) is 16.8. The topological polar surface area (TPSA) is 45.8 Å². The summed E-state index contributed by atoms with van der Waals surface area (Å²) in [5.41, 5.74) is 1.02. The van der Waals surface area contributed by atoms with Crippen molar-refractivity contribution in [1.29, 1.82) is 0 Å². The van der Waals surface area contributed by atoms with Gasteiger partial charge in [0.15, 0.2) is 5.16 Å². The first-order chi connectivity index (χ1) is 9.05. The van der Waals surface area contributed by atoms with Gasteiger partial charge in [-0.1, -0.05) is 54.4 Å². The van der Waals surface area contributed by atoms with E-state index in [0.717, 1.165) is 21.9 Å². The van der Waals surface area contributed by atoms with Gasteiger partial charge >= 0.3 is 0 Å². The summed E-state index contributed by atoms with van der Waals surface area (Å²) >= 11 is 5.34. The zero-order valence-corrected chi connectivity index (χ0v) is 14.4. The second-order valence-corrected chi connectivity index (χ2v) is 6.64. The fraction of sp³-hybridized carbons (Fsp3) is 0.714. The number of aromatic amines is 1. The molecule has 0 saturated heterocycles. The first-order valence-corrected chi connectivity index (χ1v) is 8.92. The highest BCUT2D eigenvalue weighted by Gasteiger charge is 2.27. The molecule has 0 aromatic carbocycles. The van der Waals surface area contributed by atoms with Gasteiger partial charge in [-0.05, 0) is 25.2 Å². The molecule has 19 heavy (non-hydrogen) atoms. The molecule has 0 radical (unpaired) electrons. The third-order valence-electron chi connectivity index (χ3n) is 3.21. The van der Waals surface area contributed by atoms with E-state index in [0.29, 0.717) is 5.41 Å². The van der Waals surface area contributed by atoms with Gasteiger partial charge in [0.25, 0.3) is 5.56 Å². The Morgan fingerprint density at radius 2 is 2.00 bits per heavy atom. The Kier molecular flexibility index (Phi) is 7.15. The predicted molar refractivity (Wildman–Crippen MR) is 86.4 cm³/mol. The lowest BCUT2D eigenvalue weighted by Crippen LogP contribution is -2.26. The summed E-state index contributed by atoms with van der Waals surface area (Å²) in [7, 11) is 0. The molecule has 0 unspecified atom stereocenters. The third kappa shape index (κ3) is 5.30. The van der Waals surface area contributed by atoms with Crippen LogP contribution in [-0.2, 0) is 0 Å². The molecule has 0 bridgehead atoms. The average Bonchev–Trinajstić information content (AvgIpc) is 2.35. The van der Waals surface area contributed by atoms with Crippen LogP contribution >= 0.6 is 27.7 Å². The maximum absolute atomic E-state index is 11.4. The summed E-state index contributed by atoms with van der Waals surface area (Å²) < 4.78 is 0. The van der Waals surface area contributed by atoms with E-state index in [1.54, 1.807) is 11.8 Å². The number of aryl methyl sites for hydroxylation is 1. The molecule has 5 heteroatoms. The predicted octanol–water partition coefficient (Wildman–Crippen LogP) is 4.15. The summed E-state index contributed by atoms with van der Waals surface area (Å²) in [5, 5.41) is 1.74. The molecule has 0 atom stereocenters. The second kappa shape index (κ2) is 8.10. The van der Waals surface area contributed by atoms with E-state index in [1.807, 2.05) is 6.92 Å². The number of hydrogen-bond acceptors (Lipinski definition) is 3. The van der Waals surface area contributed by atoms with Gasteiger partial charge in [0, 0.05) is 22.8 Å². The fourth-order valence-electron chi connectivity index (χ4n) is 2.34. The molecule has 1 aromatic heterocycles. The van der Waals surface area contributed by atoms with Crippen LogP contribution in [0.25, 0.3) is 0 Å². The molecule has 1 N–H and O–H groups in total. The van der Waals surface area contributed by atoms with Crippen molar-refractivity contribution >= 4 is 27.7 Å². The molecule has 0 aliphatic heterocycles.